The van der Waals surface area contributed by atoms with E-state index in [4.69, 9.17) is 16.1 Å². The molecule has 0 unspecified atom stereocenters. The van der Waals surface area contributed by atoms with Crippen molar-refractivity contribution in [3.05, 3.63) is 71.4 Å². The van der Waals surface area contributed by atoms with E-state index in [1.54, 1.807) is 13.0 Å². The molecule has 0 saturated heterocycles. The predicted molar refractivity (Wildman–Crippen MR) is 95.9 cm³/mol. The molecule has 0 saturated carbocycles. The summed E-state index contributed by atoms with van der Waals surface area (Å²) in [5.41, 5.74) is 1.89. The quantitative estimate of drug-likeness (QED) is 0.544. The standard InChI is InChI=1S/C17H14ClN3O3S/c1-12(17-11-16(20-24-17)13-5-3-2-4-6-13)19-21-25(22,23)15-9-7-14(18)8-10-15/h2-11,21H,1H3/b19-12-. The zero-order chi connectivity index (χ0) is 17.9. The Morgan fingerprint density at radius 1 is 1.12 bits per heavy atom. The van der Waals surface area contributed by atoms with Crippen LogP contribution in [-0.4, -0.2) is 19.3 Å². The van der Waals surface area contributed by atoms with Crippen molar-refractivity contribution in [1.29, 1.82) is 0 Å². The normalized spacial score (nSPS) is 12.2. The van der Waals surface area contributed by atoms with E-state index in [1.807, 2.05) is 30.3 Å². The lowest BCUT2D eigenvalue weighted by Gasteiger charge is -2.04. The summed E-state index contributed by atoms with van der Waals surface area (Å²) in [6.45, 7) is 1.62. The number of aromatic nitrogens is 1. The number of hydrogen-bond acceptors (Lipinski definition) is 5. The summed E-state index contributed by atoms with van der Waals surface area (Å²) in [7, 11) is -3.78. The Bertz CT molecular complexity index is 997. The van der Waals surface area contributed by atoms with Crippen LogP contribution < -0.4 is 4.83 Å². The number of rotatable bonds is 5. The fraction of sp³-hybridized carbons (Fsp3) is 0.0588. The topological polar surface area (TPSA) is 84.6 Å². The lowest BCUT2D eigenvalue weighted by Crippen LogP contribution is -2.19. The molecule has 2 aromatic carbocycles. The van der Waals surface area contributed by atoms with Gasteiger partial charge in [0.25, 0.3) is 10.0 Å². The molecule has 1 heterocycles. The van der Waals surface area contributed by atoms with E-state index < -0.39 is 10.0 Å². The largest absolute Gasteiger partial charge is 0.354 e. The molecule has 0 aliphatic heterocycles. The smallest absolute Gasteiger partial charge is 0.276 e. The average molecular weight is 376 g/mol. The first-order chi connectivity index (χ1) is 12.0. The fourth-order valence-corrected chi connectivity index (χ4v) is 3.02. The van der Waals surface area contributed by atoms with Gasteiger partial charge < -0.3 is 4.52 Å². The van der Waals surface area contributed by atoms with Gasteiger partial charge in [0.1, 0.15) is 11.4 Å². The van der Waals surface area contributed by atoms with Crippen LogP contribution in [0.4, 0.5) is 0 Å². The molecule has 3 aromatic rings. The van der Waals surface area contributed by atoms with Crippen LogP contribution in [0.3, 0.4) is 0 Å². The molecule has 0 atom stereocenters. The molecule has 0 fully saturated rings. The lowest BCUT2D eigenvalue weighted by atomic mass is 10.1. The highest BCUT2D eigenvalue weighted by Gasteiger charge is 2.14. The van der Waals surface area contributed by atoms with Crippen LogP contribution in [-0.2, 0) is 10.0 Å². The maximum atomic E-state index is 12.2. The first-order valence-corrected chi connectivity index (χ1v) is 9.16. The monoisotopic (exact) mass is 375 g/mol. The van der Waals surface area contributed by atoms with Crippen molar-refractivity contribution in [2.45, 2.75) is 11.8 Å². The zero-order valence-corrected chi connectivity index (χ0v) is 14.8. The lowest BCUT2D eigenvalue weighted by molar-refractivity contribution is 0.415. The first kappa shape index (κ1) is 17.2. The first-order valence-electron chi connectivity index (χ1n) is 7.30. The summed E-state index contributed by atoms with van der Waals surface area (Å²) in [4.78, 5) is 2.24. The average Bonchev–Trinajstić information content (AvgIpc) is 3.11. The molecule has 6 nitrogen and oxygen atoms in total. The van der Waals surface area contributed by atoms with Gasteiger partial charge in [-0.05, 0) is 31.2 Å². The summed E-state index contributed by atoms with van der Waals surface area (Å²) in [5, 5.41) is 8.31. The number of halogens is 1. The van der Waals surface area contributed by atoms with Crippen LogP contribution in [0.25, 0.3) is 11.3 Å². The minimum absolute atomic E-state index is 0.0657. The third-order valence-electron chi connectivity index (χ3n) is 3.39. The van der Waals surface area contributed by atoms with Crippen LogP contribution >= 0.6 is 11.6 Å². The van der Waals surface area contributed by atoms with Crippen molar-refractivity contribution in [2.75, 3.05) is 0 Å². The number of benzene rings is 2. The van der Waals surface area contributed by atoms with Crippen molar-refractivity contribution in [3.63, 3.8) is 0 Å². The summed E-state index contributed by atoms with van der Waals surface area (Å²) < 4.78 is 29.6. The Morgan fingerprint density at radius 3 is 2.48 bits per heavy atom. The summed E-state index contributed by atoms with van der Waals surface area (Å²) in [6.07, 6.45) is 0. The number of sulfonamides is 1. The summed E-state index contributed by atoms with van der Waals surface area (Å²) >= 11 is 5.76. The van der Waals surface area contributed by atoms with Gasteiger partial charge in [0.05, 0.1) is 4.90 Å². The van der Waals surface area contributed by atoms with Crippen LogP contribution in [0.15, 0.2) is 75.2 Å². The van der Waals surface area contributed by atoms with E-state index in [1.165, 1.54) is 24.3 Å². The maximum absolute atomic E-state index is 12.2. The van der Waals surface area contributed by atoms with Crippen molar-refractivity contribution < 1.29 is 12.9 Å². The van der Waals surface area contributed by atoms with E-state index in [0.717, 1.165) is 5.56 Å². The molecule has 0 aliphatic rings. The molecule has 8 heteroatoms. The van der Waals surface area contributed by atoms with Crippen molar-refractivity contribution in [3.8, 4) is 11.3 Å². The van der Waals surface area contributed by atoms with Gasteiger partial charge in [0.2, 0.25) is 0 Å². The van der Waals surface area contributed by atoms with Crippen molar-refractivity contribution >= 4 is 27.3 Å². The Balaban J connectivity index is 1.78. The Hall–Kier alpha value is -2.64. The molecule has 0 bridgehead atoms. The zero-order valence-electron chi connectivity index (χ0n) is 13.2. The third kappa shape index (κ3) is 4.07. The highest BCUT2D eigenvalue weighted by Crippen LogP contribution is 2.19. The Morgan fingerprint density at radius 2 is 1.80 bits per heavy atom. The van der Waals surface area contributed by atoms with E-state index in [2.05, 4.69) is 15.1 Å². The van der Waals surface area contributed by atoms with Gasteiger partial charge in [-0.2, -0.15) is 18.4 Å². The molecule has 0 amide bonds. The van der Waals surface area contributed by atoms with E-state index >= 15 is 0 Å². The molecular weight excluding hydrogens is 362 g/mol. The Labute approximate surface area is 150 Å². The molecule has 0 aliphatic carbocycles. The summed E-state index contributed by atoms with van der Waals surface area (Å²) in [5.74, 6) is 0.373. The minimum Gasteiger partial charge on any atom is -0.354 e. The van der Waals surface area contributed by atoms with Crippen LogP contribution in [0.2, 0.25) is 5.02 Å². The van der Waals surface area contributed by atoms with Gasteiger partial charge in [-0.3, -0.25) is 0 Å². The maximum Gasteiger partial charge on any atom is 0.276 e. The van der Waals surface area contributed by atoms with E-state index in [9.17, 15) is 8.42 Å². The van der Waals surface area contributed by atoms with Crippen LogP contribution in [0, 0.1) is 0 Å². The van der Waals surface area contributed by atoms with Crippen LogP contribution in [0.5, 0.6) is 0 Å². The number of hydrazone groups is 1. The highest BCUT2D eigenvalue weighted by atomic mass is 35.5. The molecule has 1 aromatic heterocycles. The second-order valence-corrected chi connectivity index (χ2v) is 7.29. The van der Waals surface area contributed by atoms with Gasteiger partial charge in [0, 0.05) is 16.7 Å². The molecule has 3 rings (SSSR count). The number of nitrogens with zero attached hydrogens (tertiary/aromatic N) is 2. The van der Waals surface area contributed by atoms with Crippen LogP contribution in [0.1, 0.15) is 12.7 Å². The molecule has 0 radical (unpaired) electrons. The Kier molecular flexibility index (Phi) is 4.87. The van der Waals surface area contributed by atoms with Gasteiger partial charge in [0.15, 0.2) is 5.76 Å². The fourth-order valence-electron chi connectivity index (χ4n) is 2.04. The SMILES string of the molecule is C/C(=N/NS(=O)(=O)c1ccc(Cl)cc1)c1cc(-c2ccccc2)no1. The van der Waals surface area contributed by atoms with Gasteiger partial charge >= 0.3 is 0 Å². The predicted octanol–water partition coefficient (Wildman–Crippen LogP) is 3.70. The van der Waals surface area contributed by atoms with E-state index in [-0.39, 0.29) is 4.90 Å². The molecule has 25 heavy (non-hydrogen) atoms. The highest BCUT2D eigenvalue weighted by molar-refractivity contribution is 7.89. The summed E-state index contributed by atoms with van der Waals surface area (Å²) in [6, 6.07) is 17.0. The van der Waals surface area contributed by atoms with Crippen molar-refractivity contribution in [2.24, 2.45) is 5.10 Å². The number of nitrogens with one attached hydrogen (secondary N) is 1. The van der Waals surface area contributed by atoms with Crippen molar-refractivity contribution in [1.82, 2.24) is 9.99 Å². The minimum atomic E-state index is -3.78. The second-order valence-electron chi connectivity index (χ2n) is 5.19. The molecular formula is C17H14ClN3O3S. The molecule has 1 N–H and O–H groups in total. The third-order valence-corrected chi connectivity index (χ3v) is 4.87. The molecule has 0 spiro atoms. The van der Waals surface area contributed by atoms with Gasteiger partial charge in [-0.15, -0.1) is 0 Å². The molecule has 128 valence electrons. The number of hydrogen-bond donors (Lipinski definition) is 1. The second kappa shape index (κ2) is 7.08. The van der Waals surface area contributed by atoms with Gasteiger partial charge in [-0.25, -0.2) is 0 Å². The van der Waals surface area contributed by atoms with E-state index in [0.29, 0.717) is 22.2 Å². The van der Waals surface area contributed by atoms with Gasteiger partial charge in [-0.1, -0.05) is 47.1 Å².